The van der Waals surface area contributed by atoms with Crippen molar-refractivity contribution >= 4 is 19.7 Å². The maximum atomic E-state index is 12.3. The van der Waals surface area contributed by atoms with E-state index in [2.05, 4.69) is 0 Å². The van der Waals surface area contributed by atoms with Gasteiger partial charge < -0.3 is 0 Å². The number of halogens is 2. The minimum Gasteiger partial charge on any atom is -0.222 e. The summed E-state index contributed by atoms with van der Waals surface area (Å²) in [6.07, 6.45) is 0.322. The number of alkyl halides is 2. The Morgan fingerprint density at radius 1 is 0.909 bits per heavy atom. The molecule has 0 aliphatic rings. The van der Waals surface area contributed by atoms with Crippen molar-refractivity contribution in [2.75, 3.05) is 12.5 Å². The molecule has 0 fully saturated rings. The highest BCUT2D eigenvalue weighted by molar-refractivity contribution is 8.09. The summed E-state index contributed by atoms with van der Waals surface area (Å²) >= 11 is 0. The lowest BCUT2D eigenvalue weighted by atomic mass is 11.6. The highest BCUT2D eigenvalue weighted by Crippen LogP contribution is 2.26. The van der Waals surface area contributed by atoms with Crippen LogP contribution < -0.4 is 0 Å². The molecular weight excluding hydrogens is 202 g/mol. The zero-order chi connectivity index (χ0) is 9.50. The molecule has 0 spiro atoms. The number of hydrogen-bond donors (Lipinski definition) is 0. The van der Waals surface area contributed by atoms with Crippen molar-refractivity contribution in [3.05, 3.63) is 0 Å². The highest BCUT2D eigenvalue weighted by Gasteiger charge is 2.52. The molecule has 8 heteroatoms. The van der Waals surface area contributed by atoms with E-state index in [1.165, 1.54) is 0 Å². The fraction of sp³-hybridized carbons (Fsp3) is 1.00. The van der Waals surface area contributed by atoms with Crippen LogP contribution in [-0.4, -0.2) is 33.9 Å². The maximum Gasteiger partial charge on any atom is 0.444 e. The second-order valence-corrected chi connectivity index (χ2v) is 6.38. The average molecular weight is 208 g/mol. The first-order valence-corrected chi connectivity index (χ1v) is 6.05. The Hall–Kier alpha value is -0.240. The maximum absolute atomic E-state index is 12.3. The van der Waals surface area contributed by atoms with E-state index in [0.29, 0.717) is 0 Å². The Labute approximate surface area is 63.1 Å². The Kier molecular flexibility index (Phi) is 2.32. The van der Waals surface area contributed by atoms with Crippen molar-refractivity contribution in [3.63, 3.8) is 0 Å². The van der Waals surface area contributed by atoms with Crippen LogP contribution in [-0.2, 0) is 19.7 Å². The Morgan fingerprint density at radius 2 is 1.09 bits per heavy atom. The first kappa shape index (κ1) is 10.8. The minimum atomic E-state index is -4.88. The standard InChI is InChI=1S/C3H6F2O4S2/c1-10(6,7)3(4,5)11(2,8)9/h1-2H3. The van der Waals surface area contributed by atoms with Crippen molar-refractivity contribution < 1.29 is 25.6 Å². The molecule has 0 N–H and O–H groups in total. The lowest BCUT2D eigenvalue weighted by Crippen LogP contribution is -2.36. The summed E-state index contributed by atoms with van der Waals surface area (Å²) < 4.78 is 60.5. The lowest BCUT2D eigenvalue weighted by Gasteiger charge is -2.10. The molecule has 0 aromatic heterocycles. The Balaban J connectivity index is 5.45. The molecule has 0 amide bonds. The van der Waals surface area contributed by atoms with Gasteiger partial charge in [0, 0.05) is 12.5 Å². The van der Waals surface area contributed by atoms with E-state index in [0.717, 1.165) is 0 Å². The van der Waals surface area contributed by atoms with Gasteiger partial charge in [-0.1, -0.05) is 0 Å². The summed E-state index contributed by atoms with van der Waals surface area (Å²) in [7, 11) is -9.76. The quantitative estimate of drug-likeness (QED) is 0.620. The van der Waals surface area contributed by atoms with Gasteiger partial charge in [0.15, 0.2) is 0 Å². The predicted octanol–water partition coefficient (Wildman–Crippen LogP) is -0.374. The topological polar surface area (TPSA) is 68.3 Å². The minimum absolute atomic E-state index is 0.161. The summed E-state index contributed by atoms with van der Waals surface area (Å²) in [5.74, 6) is 0. The second-order valence-electron chi connectivity index (χ2n) is 2.01. The van der Waals surface area contributed by atoms with Crippen molar-refractivity contribution in [1.82, 2.24) is 0 Å². The van der Waals surface area contributed by atoms with E-state index in [1.807, 2.05) is 0 Å². The molecule has 0 saturated heterocycles. The molecule has 0 aromatic rings. The number of rotatable bonds is 2. The van der Waals surface area contributed by atoms with E-state index in [-0.39, 0.29) is 12.5 Å². The molecular formula is C3H6F2O4S2. The monoisotopic (exact) mass is 208 g/mol. The van der Waals surface area contributed by atoms with Crippen LogP contribution in [0.5, 0.6) is 0 Å². The summed E-state index contributed by atoms with van der Waals surface area (Å²) in [6, 6.07) is 0. The number of sulfone groups is 2. The summed E-state index contributed by atoms with van der Waals surface area (Å²) in [5.41, 5.74) is 0. The lowest BCUT2D eigenvalue weighted by molar-refractivity contribution is 0.182. The molecule has 0 aliphatic carbocycles. The van der Waals surface area contributed by atoms with E-state index in [9.17, 15) is 25.6 Å². The molecule has 0 radical (unpaired) electrons. The van der Waals surface area contributed by atoms with E-state index >= 15 is 0 Å². The summed E-state index contributed by atoms with van der Waals surface area (Å²) in [4.78, 5) is 0. The molecule has 0 unspecified atom stereocenters. The van der Waals surface area contributed by atoms with E-state index in [4.69, 9.17) is 0 Å². The van der Waals surface area contributed by atoms with Crippen LogP contribution in [0.15, 0.2) is 0 Å². The fourth-order valence-electron chi connectivity index (χ4n) is 0.275. The predicted molar refractivity (Wildman–Crippen MR) is 34.6 cm³/mol. The normalized spacial score (nSPS) is 14.9. The zero-order valence-corrected chi connectivity index (χ0v) is 7.34. The van der Waals surface area contributed by atoms with Crippen LogP contribution in [0.3, 0.4) is 0 Å². The molecule has 0 heterocycles. The summed E-state index contributed by atoms with van der Waals surface area (Å²) in [5, 5.41) is 0. The van der Waals surface area contributed by atoms with Gasteiger partial charge >= 0.3 is 4.59 Å². The molecule has 4 nitrogen and oxygen atoms in total. The first-order chi connectivity index (χ1) is 4.50. The third-order valence-electron chi connectivity index (χ3n) is 0.863. The highest BCUT2D eigenvalue weighted by atomic mass is 32.3. The van der Waals surface area contributed by atoms with Gasteiger partial charge in [-0.15, -0.1) is 0 Å². The Bertz CT molecular complexity index is 304. The van der Waals surface area contributed by atoms with Crippen molar-refractivity contribution in [2.24, 2.45) is 0 Å². The third-order valence-corrected chi connectivity index (χ3v) is 4.41. The van der Waals surface area contributed by atoms with Gasteiger partial charge in [0.1, 0.15) is 0 Å². The zero-order valence-electron chi connectivity index (χ0n) is 5.71. The molecule has 0 aliphatic heterocycles. The van der Waals surface area contributed by atoms with Gasteiger partial charge in [0.05, 0.1) is 0 Å². The van der Waals surface area contributed by atoms with Crippen molar-refractivity contribution in [1.29, 1.82) is 0 Å². The largest absolute Gasteiger partial charge is 0.444 e. The second kappa shape index (κ2) is 2.37. The first-order valence-electron chi connectivity index (χ1n) is 2.27. The fourth-order valence-corrected chi connectivity index (χ4v) is 2.47. The van der Waals surface area contributed by atoms with Gasteiger partial charge in [0.2, 0.25) is 19.7 Å². The third kappa shape index (κ3) is 1.86. The van der Waals surface area contributed by atoms with Crippen LogP contribution in [0.25, 0.3) is 0 Å². The SMILES string of the molecule is CS(=O)(=O)C(F)(F)S(C)(=O)=O. The van der Waals surface area contributed by atoms with E-state index in [1.54, 1.807) is 0 Å². The summed E-state index contributed by atoms with van der Waals surface area (Å²) in [6.45, 7) is 0. The van der Waals surface area contributed by atoms with Crippen molar-refractivity contribution in [2.45, 2.75) is 4.59 Å². The molecule has 0 rings (SSSR count). The van der Waals surface area contributed by atoms with Crippen LogP contribution in [0.1, 0.15) is 0 Å². The molecule has 0 aromatic carbocycles. The van der Waals surface area contributed by atoms with Gasteiger partial charge in [-0.3, -0.25) is 0 Å². The van der Waals surface area contributed by atoms with Crippen molar-refractivity contribution in [3.8, 4) is 0 Å². The van der Waals surface area contributed by atoms with Crippen LogP contribution >= 0.6 is 0 Å². The van der Waals surface area contributed by atoms with Gasteiger partial charge in [-0.25, -0.2) is 16.8 Å². The molecule has 0 atom stereocenters. The van der Waals surface area contributed by atoms with Crippen LogP contribution in [0.4, 0.5) is 8.78 Å². The van der Waals surface area contributed by atoms with E-state index < -0.39 is 24.3 Å². The Morgan fingerprint density at radius 3 is 1.09 bits per heavy atom. The smallest absolute Gasteiger partial charge is 0.222 e. The van der Waals surface area contributed by atoms with Crippen LogP contribution in [0.2, 0.25) is 0 Å². The van der Waals surface area contributed by atoms with Gasteiger partial charge in [-0.2, -0.15) is 8.78 Å². The molecule has 11 heavy (non-hydrogen) atoms. The van der Waals surface area contributed by atoms with Gasteiger partial charge in [0.25, 0.3) is 0 Å². The molecule has 0 saturated carbocycles. The molecule has 68 valence electrons. The molecule has 0 bridgehead atoms. The van der Waals surface area contributed by atoms with Gasteiger partial charge in [-0.05, 0) is 0 Å². The average Bonchev–Trinajstić information content (AvgIpc) is 1.58. The number of hydrogen-bond acceptors (Lipinski definition) is 4. The van der Waals surface area contributed by atoms with Crippen LogP contribution in [0, 0.1) is 0 Å².